The van der Waals surface area contributed by atoms with E-state index in [1.165, 1.54) is 28.4 Å². The predicted octanol–water partition coefficient (Wildman–Crippen LogP) is 2.23. The Bertz CT molecular complexity index is 640. The van der Waals surface area contributed by atoms with E-state index in [2.05, 4.69) is 19.1 Å². The molecule has 0 unspecified atom stereocenters. The Kier molecular flexibility index (Phi) is 6.24. The van der Waals surface area contributed by atoms with Gasteiger partial charge >= 0.3 is 0 Å². The number of quaternary nitrogens is 1. The standard InChI is InChI=1S/C17H22FN3OS/c1-4-16(22)21(11-5-10-20(2)3)17-19-15(12-23-17)13-6-8-14(18)9-7-13/h6-9,12H,4-5,10-11H2,1-3H3/p+1. The first-order valence-corrected chi connectivity index (χ1v) is 8.70. The molecule has 6 heteroatoms. The zero-order chi connectivity index (χ0) is 16.8. The highest BCUT2D eigenvalue weighted by atomic mass is 32.1. The summed E-state index contributed by atoms with van der Waals surface area (Å²) in [5, 5.41) is 2.63. The Morgan fingerprint density at radius 3 is 2.61 bits per heavy atom. The number of hydrogen-bond acceptors (Lipinski definition) is 3. The molecule has 1 amide bonds. The number of amides is 1. The number of rotatable bonds is 7. The van der Waals surface area contributed by atoms with Crippen LogP contribution in [0, 0.1) is 5.82 Å². The topological polar surface area (TPSA) is 37.6 Å². The molecule has 1 heterocycles. The minimum absolute atomic E-state index is 0.0822. The lowest BCUT2D eigenvalue weighted by Gasteiger charge is -2.19. The van der Waals surface area contributed by atoms with Gasteiger partial charge < -0.3 is 4.90 Å². The maximum atomic E-state index is 13.0. The summed E-state index contributed by atoms with van der Waals surface area (Å²) in [4.78, 5) is 19.9. The van der Waals surface area contributed by atoms with Crippen LogP contribution in [-0.2, 0) is 4.79 Å². The van der Waals surface area contributed by atoms with Crippen molar-refractivity contribution in [3.8, 4) is 11.3 Å². The lowest BCUT2D eigenvalue weighted by Crippen LogP contribution is -3.05. The van der Waals surface area contributed by atoms with Crippen molar-refractivity contribution in [1.82, 2.24) is 4.98 Å². The van der Waals surface area contributed by atoms with Crippen LogP contribution >= 0.6 is 11.3 Å². The highest BCUT2D eigenvalue weighted by Gasteiger charge is 2.18. The third-order valence-electron chi connectivity index (χ3n) is 3.52. The lowest BCUT2D eigenvalue weighted by atomic mass is 10.2. The van der Waals surface area contributed by atoms with Gasteiger partial charge in [0.2, 0.25) is 5.91 Å². The Morgan fingerprint density at radius 1 is 1.30 bits per heavy atom. The number of benzene rings is 1. The molecule has 4 nitrogen and oxygen atoms in total. The van der Waals surface area contributed by atoms with Gasteiger partial charge in [0.05, 0.1) is 26.3 Å². The minimum Gasteiger partial charge on any atom is -0.340 e. The van der Waals surface area contributed by atoms with Gasteiger partial charge in [0.15, 0.2) is 5.13 Å². The minimum atomic E-state index is -0.266. The van der Waals surface area contributed by atoms with Crippen LogP contribution in [0.1, 0.15) is 19.8 Å². The summed E-state index contributed by atoms with van der Waals surface area (Å²) in [5.74, 6) is -0.183. The van der Waals surface area contributed by atoms with Crippen LogP contribution in [0.4, 0.5) is 9.52 Å². The third kappa shape index (κ3) is 4.84. The average Bonchev–Trinajstić information content (AvgIpc) is 3.01. The zero-order valence-electron chi connectivity index (χ0n) is 13.8. The van der Waals surface area contributed by atoms with Crippen molar-refractivity contribution in [2.24, 2.45) is 0 Å². The molecule has 0 fully saturated rings. The number of carbonyl (C=O) groups is 1. The van der Waals surface area contributed by atoms with Gasteiger partial charge in [-0.3, -0.25) is 9.69 Å². The summed E-state index contributed by atoms with van der Waals surface area (Å²) >= 11 is 1.45. The molecule has 0 aliphatic carbocycles. The van der Waals surface area contributed by atoms with Crippen molar-refractivity contribution in [3.63, 3.8) is 0 Å². The molecule has 1 N–H and O–H groups in total. The third-order valence-corrected chi connectivity index (χ3v) is 4.39. The van der Waals surface area contributed by atoms with E-state index in [4.69, 9.17) is 0 Å². The SMILES string of the molecule is CCC(=O)N(CCC[NH+](C)C)c1nc(-c2ccc(F)cc2)cs1. The van der Waals surface area contributed by atoms with Crippen molar-refractivity contribution < 1.29 is 14.1 Å². The molecule has 1 aromatic carbocycles. The second kappa shape index (κ2) is 8.17. The van der Waals surface area contributed by atoms with Crippen molar-refractivity contribution in [2.45, 2.75) is 19.8 Å². The van der Waals surface area contributed by atoms with Crippen molar-refractivity contribution in [3.05, 3.63) is 35.5 Å². The number of thiazole rings is 1. The molecule has 2 aromatic rings. The average molecular weight is 336 g/mol. The number of nitrogens with one attached hydrogen (secondary N) is 1. The van der Waals surface area contributed by atoms with Gasteiger partial charge in [0.25, 0.3) is 0 Å². The van der Waals surface area contributed by atoms with E-state index in [1.807, 2.05) is 12.3 Å². The summed E-state index contributed by atoms with van der Waals surface area (Å²) < 4.78 is 13.0. The largest absolute Gasteiger partial charge is 0.340 e. The van der Waals surface area contributed by atoms with Crippen LogP contribution in [0.3, 0.4) is 0 Å². The maximum Gasteiger partial charge on any atom is 0.228 e. The molecule has 0 bridgehead atoms. The van der Waals surface area contributed by atoms with Crippen LogP contribution in [0.25, 0.3) is 11.3 Å². The number of aromatic nitrogens is 1. The van der Waals surface area contributed by atoms with Gasteiger partial charge in [0, 0.05) is 30.3 Å². The monoisotopic (exact) mass is 336 g/mol. The van der Waals surface area contributed by atoms with Crippen LogP contribution in [0.5, 0.6) is 0 Å². The smallest absolute Gasteiger partial charge is 0.228 e. The first-order chi connectivity index (χ1) is 11.0. The van der Waals surface area contributed by atoms with E-state index in [0.717, 1.165) is 24.2 Å². The second-order valence-corrected chi connectivity index (χ2v) is 6.57. The van der Waals surface area contributed by atoms with E-state index in [1.54, 1.807) is 17.0 Å². The molecule has 0 radical (unpaired) electrons. The first kappa shape index (κ1) is 17.6. The molecule has 0 aliphatic rings. The molecule has 124 valence electrons. The Morgan fingerprint density at radius 2 is 2.00 bits per heavy atom. The molecule has 2 rings (SSSR count). The number of hydrogen-bond donors (Lipinski definition) is 1. The molecular weight excluding hydrogens is 313 g/mol. The summed E-state index contributed by atoms with van der Waals surface area (Å²) in [6, 6.07) is 6.25. The fourth-order valence-electron chi connectivity index (χ4n) is 2.25. The molecule has 1 aromatic heterocycles. The van der Waals surface area contributed by atoms with Crippen LogP contribution in [-0.4, -0.2) is 38.1 Å². The van der Waals surface area contributed by atoms with E-state index < -0.39 is 0 Å². The Hall–Kier alpha value is -1.79. The van der Waals surface area contributed by atoms with E-state index in [9.17, 15) is 9.18 Å². The van der Waals surface area contributed by atoms with Crippen molar-refractivity contribution in [2.75, 3.05) is 32.1 Å². The Balaban J connectivity index is 2.15. The number of halogens is 1. The number of anilines is 1. The summed E-state index contributed by atoms with van der Waals surface area (Å²) in [7, 11) is 4.20. The van der Waals surface area contributed by atoms with Gasteiger partial charge in [0.1, 0.15) is 5.82 Å². The fraction of sp³-hybridized carbons (Fsp3) is 0.412. The first-order valence-electron chi connectivity index (χ1n) is 7.82. The van der Waals surface area contributed by atoms with E-state index in [-0.39, 0.29) is 11.7 Å². The van der Waals surface area contributed by atoms with Crippen LogP contribution in [0.2, 0.25) is 0 Å². The quantitative estimate of drug-likeness (QED) is 0.842. The zero-order valence-corrected chi connectivity index (χ0v) is 14.6. The molecule has 0 spiro atoms. The second-order valence-electron chi connectivity index (χ2n) is 5.73. The van der Waals surface area contributed by atoms with Crippen LogP contribution in [0.15, 0.2) is 29.6 Å². The van der Waals surface area contributed by atoms with Gasteiger partial charge in [-0.2, -0.15) is 0 Å². The molecule has 0 atom stereocenters. The maximum absolute atomic E-state index is 13.0. The lowest BCUT2D eigenvalue weighted by molar-refractivity contribution is -0.858. The van der Waals surface area contributed by atoms with Gasteiger partial charge in [-0.05, 0) is 24.3 Å². The van der Waals surface area contributed by atoms with Crippen molar-refractivity contribution in [1.29, 1.82) is 0 Å². The van der Waals surface area contributed by atoms with E-state index >= 15 is 0 Å². The van der Waals surface area contributed by atoms with Crippen LogP contribution < -0.4 is 9.80 Å². The highest BCUT2D eigenvalue weighted by molar-refractivity contribution is 7.14. The van der Waals surface area contributed by atoms with E-state index in [0.29, 0.717) is 18.1 Å². The summed E-state index contributed by atoms with van der Waals surface area (Å²) in [6.45, 7) is 3.54. The normalized spacial score (nSPS) is 11.0. The van der Waals surface area contributed by atoms with Gasteiger partial charge in [-0.25, -0.2) is 9.37 Å². The summed E-state index contributed by atoms with van der Waals surface area (Å²) in [5.41, 5.74) is 1.63. The molecule has 0 aliphatic heterocycles. The van der Waals surface area contributed by atoms with Gasteiger partial charge in [-0.1, -0.05) is 6.92 Å². The number of nitrogens with zero attached hydrogens (tertiary/aromatic N) is 2. The predicted molar refractivity (Wildman–Crippen MR) is 92.4 cm³/mol. The highest BCUT2D eigenvalue weighted by Crippen LogP contribution is 2.28. The number of carbonyl (C=O) groups excluding carboxylic acids is 1. The molecule has 0 saturated carbocycles. The molecule has 23 heavy (non-hydrogen) atoms. The fourth-order valence-corrected chi connectivity index (χ4v) is 3.13. The molecular formula is C17H23FN3OS+. The molecule has 0 saturated heterocycles. The Labute approximate surface area is 140 Å². The van der Waals surface area contributed by atoms with Crippen molar-refractivity contribution >= 4 is 22.4 Å². The van der Waals surface area contributed by atoms with Gasteiger partial charge in [-0.15, -0.1) is 11.3 Å². The summed E-state index contributed by atoms with van der Waals surface area (Å²) in [6.07, 6.45) is 1.39.